The van der Waals surface area contributed by atoms with E-state index in [4.69, 9.17) is 0 Å². The van der Waals surface area contributed by atoms with Crippen LogP contribution in [0.1, 0.15) is 5.82 Å². The zero-order valence-corrected chi connectivity index (χ0v) is 7.89. The van der Waals surface area contributed by atoms with Gasteiger partial charge in [0.2, 0.25) is 0 Å². The first-order chi connectivity index (χ1) is 3.30. The second kappa shape index (κ2) is 3.36. The molecular formula is C5H7N2Y-. The Labute approximate surface area is 74.2 Å². The van der Waals surface area contributed by atoms with Crippen LogP contribution in [-0.4, -0.2) is 9.55 Å². The van der Waals surface area contributed by atoms with Crippen molar-refractivity contribution in [1.29, 1.82) is 0 Å². The second-order valence-electron chi connectivity index (χ2n) is 1.49. The molecule has 1 radical (unpaired) electrons. The third-order valence-corrected chi connectivity index (χ3v) is 0.988. The fraction of sp³-hybridized carbons (Fsp3) is 0.400. The molecule has 0 aliphatic heterocycles. The summed E-state index contributed by atoms with van der Waals surface area (Å²) in [4.78, 5) is 3.92. The van der Waals surface area contributed by atoms with Gasteiger partial charge in [0.05, 0.1) is 0 Å². The van der Waals surface area contributed by atoms with E-state index in [1.807, 2.05) is 18.5 Å². The van der Waals surface area contributed by atoms with Crippen LogP contribution in [0.25, 0.3) is 0 Å². The van der Waals surface area contributed by atoms with E-state index in [-0.39, 0.29) is 32.7 Å². The van der Waals surface area contributed by atoms with Gasteiger partial charge in [-0.05, 0) is 12.9 Å². The summed E-state index contributed by atoms with van der Waals surface area (Å²) >= 11 is 0. The Bertz CT molecular complexity index is 143. The Morgan fingerprint density at radius 1 is 1.75 bits per heavy atom. The molecule has 0 bridgehead atoms. The van der Waals surface area contributed by atoms with E-state index in [0.29, 0.717) is 0 Å². The number of hydrogen-bond acceptors (Lipinski definition) is 1. The van der Waals surface area contributed by atoms with Crippen LogP contribution in [0, 0.1) is 13.1 Å². The molecule has 0 N–H and O–H groups in total. The molecular weight excluding hydrogens is 177 g/mol. The maximum absolute atomic E-state index is 3.92. The van der Waals surface area contributed by atoms with Gasteiger partial charge in [0.1, 0.15) is 0 Å². The van der Waals surface area contributed by atoms with Gasteiger partial charge in [-0.25, -0.2) is 0 Å². The first kappa shape index (κ1) is 8.31. The van der Waals surface area contributed by atoms with Crippen LogP contribution >= 0.6 is 0 Å². The fourth-order valence-corrected chi connectivity index (χ4v) is 0.389. The van der Waals surface area contributed by atoms with Crippen molar-refractivity contribution in [3.63, 3.8) is 0 Å². The van der Waals surface area contributed by atoms with Gasteiger partial charge in [0, 0.05) is 32.7 Å². The molecule has 0 aliphatic carbocycles. The maximum atomic E-state index is 3.92. The van der Waals surface area contributed by atoms with Crippen LogP contribution in [0.15, 0.2) is 6.20 Å². The van der Waals surface area contributed by atoms with Crippen LogP contribution in [0.2, 0.25) is 0 Å². The van der Waals surface area contributed by atoms with Gasteiger partial charge in [0.15, 0.2) is 0 Å². The number of hydrogen-bond donors (Lipinski definition) is 0. The van der Waals surface area contributed by atoms with Crippen LogP contribution in [0.4, 0.5) is 0 Å². The maximum Gasteiger partial charge on any atom is 0 e. The predicted octanol–water partition coefficient (Wildman–Crippen LogP) is 0.526. The van der Waals surface area contributed by atoms with Gasteiger partial charge in [-0.2, -0.15) is 6.20 Å². The molecule has 0 spiro atoms. The third kappa shape index (κ3) is 1.68. The largest absolute Gasteiger partial charge is 0.501 e. The zero-order chi connectivity index (χ0) is 5.28. The SMILES string of the molecule is Cc1nc[c-]n1C.[Y]. The van der Waals surface area contributed by atoms with Crippen molar-refractivity contribution in [3.8, 4) is 0 Å². The summed E-state index contributed by atoms with van der Waals surface area (Å²) in [7, 11) is 1.92. The molecule has 41 valence electrons. The van der Waals surface area contributed by atoms with E-state index in [0.717, 1.165) is 5.82 Å². The van der Waals surface area contributed by atoms with E-state index in [1.54, 1.807) is 6.20 Å². The van der Waals surface area contributed by atoms with Crippen LogP contribution < -0.4 is 0 Å². The van der Waals surface area contributed by atoms with Crippen LogP contribution in [0.5, 0.6) is 0 Å². The summed E-state index contributed by atoms with van der Waals surface area (Å²) in [5.74, 6) is 1.00. The summed E-state index contributed by atoms with van der Waals surface area (Å²) in [5, 5.41) is 0. The molecule has 3 heteroatoms. The Morgan fingerprint density at radius 2 is 2.38 bits per heavy atom. The summed E-state index contributed by atoms with van der Waals surface area (Å²) in [6.45, 7) is 1.94. The van der Waals surface area contributed by atoms with E-state index >= 15 is 0 Å². The van der Waals surface area contributed by atoms with Gasteiger partial charge in [-0.3, -0.25) is 0 Å². The van der Waals surface area contributed by atoms with Gasteiger partial charge in [0.25, 0.3) is 0 Å². The van der Waals surface area contributed by atoms with Crippen molar-refractivity contribution in [3.05, 3.63) is 18.2 Å². The average molecular weight is 184 g/mol. The number of aryl methyl sites for hydroxylation is 2. The van der Waals surface area contributed by atoms with E-state index in [1.165, 1.54) is 0 Å². The van der Waals surface area contributed by atoms with Crippen molar-refractivity contribution in [1.82, 2.24) is 9.55 Å². The van der Waals surface area contributed by atoms with E-state index in [9.17, 15) is 0 Å². The van der Waals surface area contributed by atoms with E-state index < -0.39 is 0 Å². The molecule has 0 aliphatic rings. The molecule has 1 rings (SSSR count). The summed E-state index contributed by atoms with van der Waals surface area (Å²) in [6.07, 6.45) is 4.54. The monoisotopic (exact) mass is 184 g/mol. The zero-order valence-electron chi connectivity index (χ0n) is 5.05. The molecule has 0 atom stereocenters. The quantitative estimate of drug-likeness (QED) is 0.537. The Morgan fingerprint density at radius 3 is 2.50 bits per heavy atom. The number of aromatic nitrogens is 2. The first-order valence-corrected chi connectivity index (χ1v) is 2.16. The Kier molecular flexibility index (Phi) is 3.49. The van der Waals surface area contributed by atoms with Gasteiger partial charge >= 0.3 is 0 Å². The second-order valence-corrected chi connectivity index (χ2v) is 1.49. The van der Waals surface area contributed by atoms with Crippen molar-refractivity contribution >= 4 is 0 Å². The molecule has 0 fully saturated rings. The summed E-state index contributed by atoms with van der Waals surface area (Å²) in [5.41, 5.74) is 0. The van der Waals surface area contributed by atoms with Gasteiger partial charge in [-0.15, -0.1) is 0 Å². The van der Waals surface area contributed by atoms with Crippen molar-refractivity contribution in [2.24, 2.45) is 7.05 Å². The molecule has 0 amide bonds. The average Bonchev–Trinajstić information content (AvgIpc) is 1.91. The summed E-state index contributed by atoms with van der Waals surface area (Å²) in [6, 6.07) is 0. The van der Waals surface area contributed by atoms with Crippen LogP contribution in [0.3, 0.4) is 0 Å². The van der Waals surface area contributed by atoms with Gasteiger partial charge in [-0.1, -0.05) is 13.1 Å². The number of imidazole rings is 1. The normalized spacial score (nSPS) is 8.25. The Balaban J connectivity index is 0.000000490. The summed E-state index contributed by atoms with van der Waals surface area (Å²) < 4.78 is 1.85. The molecule has 0 saturated carbocycles. The predicted molar refractivity (Wildman–Crippen MR) is 26.8 cm³/mol. The molecule has 2 nitrogen and oxygen atoms in total. The minimum Gasteiger partial charge on any atom is -0.501 e. The molecule has 0 saturated heterocycles. The molecule has 1 aromatic rings. The molecule has 8 heavy (non-hydrogen) atoms. The molecule has 0 unspecified atom stereocenters. The topological polar surface area (TPSA) is 17.8 Å². The number of rotatable bonds is 0. The molecule has 1 aromatic heterocycles. The third-order valence-electron chi connectivity index (χ3n) is 0.988. The van der Waals surface area contributed by atoms with Crippen LogP contribution in [-0.2, 0) is 39.8 Å². The van der Waals surface area contributed by atoms with Crippen molar-refractivity contribution < 1.29 is 32.7 Å². The smallest absolute Gasteiger partial charge is 0 e. The first-order valence-electron chi connectivity index (χ1n) is 2.16. The van der Waals surface area contributed by atoms with E-state index in [2.05, 4.69) is 11.2 Å². The minimum absolute atomic E-state index is 0. The molecule has 0 aromatic carbocycles. The number of nitrogens with zero attached hydrogens (tertiary/aromatic N) is 2. The molecule has 1 heterocycles. The standard InChI is InChI=1S/C5H7N2.Y/c1-5-6-3-4-7(5)2;/h3H,1-2H3;/q-1;. The fourth-order valence-electron chi connectivity index (χ4n) is 0.389. The van der Waals surface area contributed by atoms with Gasteiger partial charge < -0.3 is 9.55 Å². The minimum atomic E-state index is 0. The van der Waals surface area contributed by atoms with Crippen molar-refractivity contribution in [2.45, 2.75) is 6.92 Å². The Hall–Kier alpha value is 0.314. The van der Waals surface area contributed by atoms with Crippen molar-refractivity contribution in [2.75, 3.05) is 0 Å².